The number of rotatable bonds is 20. The van der Waals surface area contributed by atoms with Gasteiger partial charge >= 0.3 is 0 Å². The lowest BCUT2D eigenvalue weighted by molar-refractivity contribution is -0.115. The first kappa shape index (κ1) is 61.2. The minimum atomic E-state index is -0.207. The van der Waals surface area contributed by atoms with Gasteiger partial charge in [0.15, 0.2) is 0 Å². The summed E-state index contributed by atoms with van der Waals surface area (Å²) >= 11 is 14.1. The van der Waals surface area contributed by atoms with Crippen LogP contribution in [-0.2, 0) is 4.79 Å². The third-order valence-electron chi connectivity index (χ3n) is 15.9. The van der Waals surface area contributed by atoms with Crippen LogP contribution in [-0.4, -0.2) is 33.0 Å². The van der Waals surface area contributed by atoms with E-state index in [9.17, 15) is 4.79 Å². The van der Waals surface area contributed by atoms with Crippen LogP contribution >= 0.6 is 63.7 Å². The van der Waals surface area contributed by atoms with E-state index >= 15 is 0 Å². The monoisotopic (exact) mass is 1340 g/mol. The van der Waals surface area contributed by atoms with E-state index in [0.29, 0.717) is 68.2 Å². The molecule has 0 saturated heterocycles. The molecule has 9 rings (SSSR count). The van der Waals surface area contributed by atoms with E-state index in [-0.39, 0.29) is 56.6 Å². The topological polar surface area (TPSA) is 90.9 Å². The number of carbonyl (C=O) groups excluding carboxylic acids is 1. The van der Waals surface area contributed by atoms with Crippen LogP contribution in [0.3, 0.4) is 0 Å². The average molecular weight is 1340 g/mol. The molecule has 0 N–H and O–H groups in total. The number of hydrogen-bond acceptors (Lipinski definition) is 9. The Hall–Kier alpha value is -4.89. The molecule has 0 radical (unpaired) electrons. The van der Waals surface area contributed by atoms with E-state index in [2.05, 4.69) is 159 Å². The summed E-state index contributed by atoms with van der Waals surface area (Å²) in [5, 5.41) is 0. The van der Waals surface area contributed by atoms with Gasteiger partial charge in [-0.3, -0.25) is 0 Å². The molecule has 9 nitrogen and oxygen atoms in total. The Labute approximate surface area is 509 Å². The molecule has 8 bridgehead atoms. The summed E-state index contributed by atoms with van der Waals surface area (Å²) in [4.78, 5) is 21.8. The molecule has 4 aliphatic heterocycles. The van der Waals surface area contributed by atoms with Crippen molar-refractivity contribution in [2.75, 3.05) is 27.2 Å². The van der Waals surface area contributed by atoms with Gasteiger partial charge in [-0.1, -0.05) is 130 Å². The molecule has 0 saturated carbocycles. The molecule has 4 aromatic rings. The van der Waals surface area contributed by atoms with Crippen molar-refractivity contribution in [1.82, 2.24) is 0 Å². The summed E-state index contributed by atoms with van der Waals surface area (Å²) in [5.41, 5.74) is 11.0. The summed E-state index contributed by atoms with van der Waals surface area (Å²) in [6.07, 6.45) is 20.5. The fourth-order valence-electron chi connectivity index (χ4n) is 12.3. The maximum absolute atomic E-state index is 9.44. The van der Waals surface area contributed by atoms with Crippen molar-refractivity contribution in [3.8, 4) is 89.0 Å². The average Bonchev–Trinajstić information content (AvgIpc) is 3.61. The van der Waals surface area contributed by atoms with Crippen LogP contribution in [0.2, 0.25) is 0 Å². The van der Waals surface area contributed by atoms with E-state index in [0.717, 1.165) is 173 Å². The molecule has 424 valence electrons. The highest BCUT2D eigenvalue weighted by atomic mass is 79.9. The fourth-order valence-corrected chi connectivity index (χ4v) is 13.1. The van der Waals surface area contributed by atoms with E-state index in [4.69, 9.17) is 37.9 Å². The molecule has 0 aromatic heterocycles. The summed E-state index contributed by atoms with van der Waals surface area (Å²) in [6, 6.07) is 9.54. The summed E-state index contributed by atoms with van der Waals surface area (Å²) in [7, 11) is 0. The Balaban J connectivity index is 0.00000203. The Kier molecular flexibility index (Phi) is 23.3. The second-order valence-corrected chi connectivity index (χ2v) is 23.0. The number of Topliss-reactive ketones (excluding diaryl/α,β-unsaturated/α-hetero) is 1. The van der Waals surface area contributed by atoms with Crippen LogP contribution in [0.15, 0.2) is 24.3 Å². The number of halogens is 4. The van der Waals surface area contributed by atoms with Crippen LogP contribution < -0.4 is 37.9 Å². The highest BCUT2D eigenvalue weighted by molar-refractivity contribution is 9.13. The van der Waals surface area contributed by atoms with Gasteiger partial charge < -0.3 is 42.7 Å². The van der Waals surface area contributed by atoms with Crippen molar-refractivity contribution in [3.05, 3.63) is 91.0 Å². The first-order valence-corrected chi connectivity index (χ1v) is 32.2. The minimum absolute atomic E-state index is 0.102. The second-order valence-electron chi connectivity index (χ2n) is 21.4. The van der Waals surface area contributed by atoms with Gasteiger partial charge in [0, 0.05) is 132 Å². The smallest absolute Gasteiger partial charge is 0.231 e. The Morgan fingerprint density at radius 3 is 0.675 bits per heavy atom. The molecule has 4 aromatic carbocycles. The Morgan fingerprint density at radius 1 is 0.350 bits per heavy atom. The highest BCUT2D eigenvalue weighted by Gasteiger charge is 2.41. The molecular weight excluding hydrogens is 1270 g/mol. The van der Waals surface area contributed by atoms with Crippen molar-refractivity contribution < 1.29 is 42.7 Å². The third-order valence-corrected chi connectivity index (χ3v) is 16.7. The molecule has 0 fully saturated rings. The molecule has 0 atom stereocenters. The van der Waals surface area contributed by atoms with Gasteiger partial charge in [0.05, 0.1) is 0 Å². The number of benzene rings is 4. The third kappa shape index (κ3) is 13.6. The lowest BCUT2D eigenvalue weighted by Crippen LogP contribution is -2.25. The van der Waals surface area contributed by atoms with Crippen molar-refractivity contribution in [2.24, 2.45) is 0 Å². The van der Waals surface area contributed by atoms with Gasteiger partial charge in [-0.2, -0.15) is 0 Å². The molecule has 0 spiro atoms. The van der Waals surface area contributed by atoms with Gasteiger partial charge in [-0.15, -0.1) is 0 Å². The first-order valence-electron chi connectivity index (χ1n) is 29.0. The van der Waals surface area contributed by atoms with Crippen LogP contribution in [0.1, 0.15) is 260 Å². The maximum atomic E-state index is 9.44. The van der Waals surface area contributed by atoms with E-state index < -0.39 is 0 Å². The fraction of sp³-hybridized carbons (Fsp3) is 0.507. The first-order chi connectivity index (χ1) is 39.2. The quantitative estimate of drug-likeness (QED) is 0.0634. The van der Waals surface area contributed by atoms with Crippen LogP contribution in [0.5, 0.6) is 46.0 Å². The standard InChI is InChI=1S/C64H68Br4O8.C3H6O/c1-5-9-13-17-21-41-49-33-51-42(22-18-14-10-6-2)53-35-55-44(24-20-16-12-8-4)56-36-54-43(23-19-15-11-7-3)52-34-50(41)58-46(26-30-66)60(52)72-39-74-62(54)48(28-32-68)64(56)76-40-75-63(55)47(27-31-67)61(53)73-38-71-59(51)45(25-29-65)57(49)69-37-70-58;1-3(2)4/h33-36,41-44H,5-24,37-40H2,1-4H3;1-2H3. The molecule has 1 aliphatic carbocycles. The molecule has 4 heterocycles. The van der Waals surface area contributed by atoms with E-state index in [1.807, 2.05) is 0 Å². The molecule has 0 amide bonds. The summed E-state index contributed by atoms with van der Waals surface area (Å²) in [5.74, 6) is 18.4. The predicted octanol–water partition coefficient (Wildman–Crippen LogP) is 18.7. The Morgan fingerprint density at radius 2 is 0.525 bits per heavy atom. The van der Waals surface area contributed by atoms with Crippen molar-refractivity contribution >= 4 is 69.5 Å². The number of hydrogen-bond donors (Lipinski definition) is 0. The molecule has 5 aliphatic rings. The number of unbranched alkanes of at least 4 members (excludes halogenated alkanes) is 12. The van der Waals surface area contributed by atoms with Gasteiger partial charge in [-0.25, -0.2) is 0 Å². The lowest BCUT2D eigenvalue weighted by Gasteiger charge is -2.36. The number of carbonyl (C=O) groups is 1. The lowest BCUT2D eigenvalue weighted by atomic mass is 9.74. The van der Waals surface area contributed by atoms with Gasteiger partial charge in [0.25, 0.3) is 0 Å². The van der Waals surface area contributed by atoms with Gasteiger partial charge in [0.1, 0.15) is 74.0 Å². The normalized spacial score (nSPS) is 17.1. The zero-order valence-corrected chi connectivity index (χ0v) is 53.6. The zero-order chi connectivity index (χ0) is 56.5. The van der Waals surface area contributed by atoms with E-state index in [1.54, 1.807) is 0 Å². The van der Waals surface area contributed by atoms with Crippen LogP contribution in [0, 0.1) is 43.0 Å². The maximum Gasteiger partial charge on any atom is 0.231 e. The molecular formula is C67H74Br4O9. The SMILES string of the molecule is CC(C)=O.CCCCCCC1c2cc3c4c(C#CBr)c2OCOc2c1cc1c(c2C#CBr)OCOc2c(cc5c(c2C#CBr)OCOc2c(cc(c(c2C#CBr)OCO4)C3CCCCCC)C5CCCCCC)C1CCCCCC. The van der Waals surface area contributed by atoms with Crippen molar-refractivity contribution in [1.29, 1.82) is 0 Å². The van der Waals surface area contributed by atoms with Crippen LogP contribution in [0.4, 0.5) is 0 Å². The zero-order valence-electron chi connectivity index (χ0n) is 47.3. The largest absolute Gasteiger partial charge is 0.456 e. The van der Waals surface area contributed by atoms with Crippen molar-refractivity contribution in [3.63, 3.8) is 0 Å². The molecule has 0 unspecified atom stereocenters. The number of ketones is 1. The molecule has 80 heavy (non-hydrogen) atoms. The van der Waals surface area contributed by atoms with Gasteiger partial charge in [0.2, 0.25) is 27.2 Å². The highest BCUT2D eigenvalue weighted by Crippen LogP contribution is 2.58. The predicted molar refractivity (Wildman–Crippen MR) is 332 cm³/mol. The summed E-state index contributed by atoms with van der Waals surface area (Å²) < 4.78 is 55.4. The van der Waals surface area contributed by atoms with Crippen LogP contribution in [0.25, 0.3) is 0 Å². The van der Waals surface area contributed by atoms with E-state index in [1.165, 1.54) is 13.8 Å². The van der Waals surface area contributed by atoms with Crippen molar-refractivity contribution in [2.45, 2.75) is 194 Å². The Bertz CT molecular complexity index is 2610. The van der Waals surface area contributed by atoms with Gasteiger partial charge in [-0.05, 0) is 107 Å². The molecule has 13 heteroatoms. The minimum Gasteiger partial charge on any atom is -0.456 e. The summed E-state index contributed by atoms with van der Waals surface area (Å²) in [6.45, 7) is 11.7. The number of ether oxygens (including phenoxy) is 8. The second kappa shape index (κ2) is 30.4.